The topological polar surface area (TPSA) is 75.8 Å². The normalized spacial score (nSPS) is 15.6. The molecule has 2 aromatic carbocycles. The first-order chi connectivity index (χ1) is 11.9. The summed E-state index contributed by atoms with van der Waals surface area (Å²) in [6.45, 7) is 1.71. The molecule has 0 saturated heterocycles. The smallest absolute Gasteiger partial charge is 0.267 e. The molecule has 2 aromatic rings. The minimum atomic E-state index is -0.484. The number of hydrazone groups is 1. The van der Waals surface area contributed by atoms with Crippen molar-refractivity contribution in [3.63, 3.8) is 0 Å². The molecular formula is C17H11BrClN3O3. The molecule has 0 fully saturated rings. The van der Waals surface area contributed by atoms with Crippen LogP contribution in [0, 0.1) is 10.1 Å². The number of carbonyl (C=O) groups is 1. The number of hydrogen-bond acceptors (Lipinski definition) is 4. The zero-order valence-electron chi connectivity index (χ0n) is 12.9. The zero-order chi connectivity index (χ0) is 18.1. The Morgan fingerprint density at radius 3 is 2.72 bits per heavy atom. The maximum Gasteiger partial charge on any atom is 0.284 e. The highest BCUT2D eigenvalue weighted by atomic mass is 79.9. The van der Waals surface area contributed by atoms with Crippen LogP contribution >= 0.6 is 27.5 Å². The van der Waals surface area contributed by atoms with Gasteiger partial charge in [-0.25, -0.2) is 0 Å². The fourth-order valence-corrected chi connectivity index (χ4v) is 2.97. The summed E-state index contributed by atoms with van der Waals surface area (Å²) in [7, 11) is 0. The Bertz CT molecular complexity index is 956. The number of amides is 1. The molecule has 8 heteroatoms. The first-order valence-electron chi connectivity index (χ1n) is 7.18. The first kappa shape index (κ1) is 17.3. The van der Waals surface area contributed by atoms with Crippen molar-refractivity contribution < 1.29 is 9.72 Å². The van der Waals surface area contributed by atoms with Crippen LogP contribution in [0.3, 0.4) is 0 Å². The maximum absolute atomic E-state index is 12.7. The van der Waals surface area contributed by atoms with Crippen molar-refractivity contribution in [3.8, 4) is 0 Å². The van der Waals surface area contributed by atoms with Crippen LogP contribution in [0.5, 0.6) is 0 Å². The Labute approximate surface area is 156 Å². The van der Waals surface area contributed by atoms with Crippen molar-refractivity contribution in [1.82, 2.24) is 0 Å². The molecule has 0 atom stereocenters. The summed E-state index contributed by atoms with van der Waals surface area (Å²) in [4.78, 5) is 23.2. The van der Waals surface area contributed by atoms with E-state index in [1.165, 1.54) is 11.1 Å². The minimum absolute atomic E-state index is 0.0684. The highest BCUT2D eigenvalue weighted by molar-refractivity contribution is 9.10. The average molecular weight is 421 g/mol. The second kappa shape index (κ2) is 6.78. The van der Waals surface area contributed by atoms with Crippen LogP contribution in [0.25, 0.3) is 6.08 Å². The SMILES string of the molecule is CC1=NN(c2cccc(Cl)c2)C(=O)/C1=C/c1ccc(Br)c([N+](=O)[O-])c1. The summed E-state index contributed by atoms with van der Waals surface area (Å²) in [6.07, 6.45) is 1.59. The van der Waals surface area contributed by atoms with Gasteiger partial charge in [0.05, 0.1) is 26.4 Å². The molecule has 0 aliphatic carbocycles. The van der Waals surface area contributed by atoms with Crippen molar-refractivity contribution in [1.29, 1.82) is 0 Å². The highest BCUT2D eigenvalue weighted by Crippen LogP contribution is 2.29. The molecule has 1 aliphatic rings. The van der Waals surface area contributed by atoms with E-state index in [0.29, 0.717) is 32.0 Å². The summed E-state index contributed by atoms with van der Waals surface area (Å²) in [6, 6.07) is 11.5. The van der Waals surface area contributed by atoms with Gasteiger partial charge in [0.15, 0.2) is 0 Å². The third-order valence-corrected chi connectivity index (χ3v) is 4.50. The van der Waals surface area contributed by atoms with E-state index in [1.54, 1.807) is 49.4 Å². The number of rotatable bonds is 3. The van der Waals surface area contributed by atoms with E-state index >= 15 is 0 Å². The first-order valence-corrected chi connectivity index (χ1v) is 8.35. The third kappa shape index (κ3) is 3.47. The van der Waals surface area contributed by atoms with Gasteiger partial charge in [-0.1, -0.05) is 23.7 Å². The fraction of sp³-hybridized carbons (Fsp3) is 0.0588. The lowest BCUT2D eigenvalue weighted by molar-refractivity contribution is -0.385. The predicted octanol–water partition coefficient (Wildman–Crippen LogP) is 4.82. The largest absolute Gasteiger partial charge is 0.284 e. The van der Waals surface area contributed by atoms with Gasteiger partial charge < -0.3 is 0 Å². The molecule has 3 rings (SSSR count). The second-order valence-electron chi connectivity index (χ2n) is 5.31. The molecule has 1 amide bonds. The Balaban J connectivity index is 1.98. The molecule has 25 heavy (non-hydrogen) atoms. The number of benzene rings is 2. The molecule has 1 heterocycles. The molecule has 0 aromatic heterocycles. The van der Waals surface area contributed by atoms with Gasteiger partial charge in [0.1, 0.15) is 0 Å². The van der Waals surface area contributed by atoms with Crippen LogP contribution in [0.4, 0.5) is 11.4 Å². The summed E-state index contributed by atoms with van der Waals surface area (Å²) >= 11 is 9.11. The van der Waals surface area contributed by atoms with Crippen LogP contribution in [0.15, 0.2) is 57.6 Å². The lowest BCUT2D eigenvalue weighted by atomic mass is 10.1. The molecular weight excluding hydrogens is 410 g/mol. The van der Waals surface area contributed by atoms with E-state index in [0.717, 1.165) is 0 Å². The second-order valence-corrected chi connectivity index (χ2v) is 6.60. The number of carbonyl (C=O) groups excluding carboxylic acids is 1. The molecule has 0 saturated carbocycles. The van der Waals surface area contributed by atoms with Gasteiger partial charge in [0.25, 0.3) is 11.6 Å². The van der Waals surface area contributed by atoms with Crippen molar-refractivity contribution in [2.24, 2.45) is 5.10 Å². The Hall–Kier alpha value is -2.51. The van der Waals surface area contributed by atoms with Gasteiger partial charge in [-0.3, -0.25) is 14.9 Å². The number of hydrogen-bond donors (Lipinski definition) is 0. The summed E-state index contributed by atoms with van der Waals surface area (Å²) in [5.74, 6) is -0.315. The summed E-state index contributed by atoms with van der Waals surface area (Å²) in [5.41, 5.74) is 1.93. The highest BCUT2D eigenvalue weighted by Gasteiger charge is 2.29. The summed E-state index contributed by atoms with van der Waals surface area (Å²) < 4.78 is 0.378. The van der Waals surface area contributed by atoms with E-state index in [9.17, 15) is 14.9 Å². The number of nitro benzene ring substituents is 1. The van der Waals surface area contributed by atoms with Crippen LogP contribution in [-0.2, 0) is 4.79 Å². The Morgan fingerprint density at radius 1 is 1.28 bits per heavy atom. The molecule has 126 valence electrons. The average Bonchev–Trinajstić information content (AvgIpc) is 2.84. The van der Waals surface area contributed by atoms with E-state index in [-0.39, 0.29) is 11.6 Å². The molecule has 0 bridgehead atoms. The van der Waals surface area contributed by atoms with Crippen molar-refractivity contribution >= 4 is 56.6 Å². The number of halogens is 2. The van der Waals surface area contributed by atoms with E-state index in [4.69, 9.17) is 11.6 Å². The molecule has 6 nitrogen and oxygen atoms in total. The van der Waals surface area contributed by atoms with E-state index in [2.05, 4.69) is 21.0 Å². The van der Waals surface area contributed by atoms with E-state index < -0.39 is 4.92 Å². The Kier molecular flexibility index (Phi) is 4.69. The van der Waals surface area contributed by atoms with Gasteiger partial charge in [0, 0.05) is 11.1 Å². The standard InChI is InChI=1S/C17H11BrClN3O3/c1-10-14(7-11-5-6-15(18)16(8-11)22(24)25)17(23)21(20-10)13-4-2-3-12(19)9-13/h2-9H,1H3/b14-7+. The predicted molar refractivity (Wildman–Crippen MR) is 101 cm³/mol. The van der Waals surface area contributed by atoms with Crippen molar-refractivity contribution in [2.45, 2.75) is 6.92 Å². The lowest BCUT2D eigenvalue weighted by Crippen LogP contribution is -2.21. The van der Waals surface area contributed by atoms with Crippen LogP contribution in [-0.4, -0.2) is 16.5 Å². The summed E-state index contributed by atoms with van der Waals surface area (Å²) in [5, 5.41) is 17.1. The van der Waals surface area contributed by atoms with Crippen molar-refractivity contribution in [3.05, 3.63) is 73.2 Å². The Morgan fingerprint density at radius 2 is 2.04 bits per heavy atom. The fourth-order valence-electron chi connectivity index (χ4n) is 2.39. The zero-order valence-corrected chi connectivity index (χ0v) is 15.3. The van der Waals surface area contributed by atoms with Gasteiger partial charge in [-0.2, -0.15) is 10.1 Å². The van der Waals surface area contributed by atoms with Crippen molar-refractivity contribution in [2.75, 3.05) is 5.01 Å². The molecule has 0 unspecified atom stereocenters. The minimum Gasteiger partial charge on any atom is -0.267 e. The van der Waals surface area contributed by atoms with Gasteiger partial charge in [-0.05, 0) is 58.8 Å². The van der Waals surface area contributed by atoms with Crippen LogP contribution in [0.2, 0.25) is 5.02 Å². The third-order valence-electron chi connectivity index (χ3n) is 3.59. The number of anilines is 1. The van der Waals surface area contributed by atoms with Gasteiger partial charge >= 0.3 is 0 Å². The molecule has 0 N–H and O–H groups in total. The van der Waals surface area contributed by atoms with Crippen LogP contribution in [0.1, 0.15) is 12.5 Å². The van der Waals surface area contributed by atoms with E-state index in [1.807, 2.05) is 0 Å². The quantitative estimate of drug-likeness (QED) is 0.406. The van der Waals surface area contributed by atoms with Gasteiger partial charge in [0.2, 0.25) is 0 Å². The number of nitrogens with zero attached hydrogens (tertiary/aromatic N) is 3. The monoisotopic (exact) mass is 419 g/mol. The molecule has 0 radical (unpaired) electrons. The number of nitro groups is 1. The molecule has 0 spiro atoms. The molecule has 1 aliphatic heterocycles. The van der Waals surface area contributed by atoms with Crippen LogP contribution < -0.4 is 5.01 Å². The lowest BCUT2D eigenvalue weighted by Gasteiger charge is -2.11. The maximum atomic E-state index is 12.7. The van der Waals surface area contributed by atoms with Gasteiger partial charge in [-0.15, -0.1) is 0 Å².